The second-order valence-electron chi connectivity index (χ2n) is 3.96. The molecule has 4 heteroatoms. The smallest absolute Gasteiger partial charge is 0.309 e. The van der Waals surface area contributed by atoms with E-state index < -0.39 is 12.0 Å². The van der Waals surface area contributed by atoms with Gasteiger partial charge >= 0.3 is 5.97 Å². The van der Waals surface area contributed by atoms with Crippen LogP contribution in [0.2, 0.25) is 0 Å². The van der Waals surface area contributed by atoms with E-state index in [1.165, 1.54) is 0 Å². The van der Waals surface area contributed by atoms with Crippen LogP contribution in [0.4, 0.5) is 0 Å². The Bertz CT molecular complexity index is 538. The predicted molar refractivity (Wildman–Crippen MR) is 78.9 cm³/mol. The maximum absolute atomic E-state index is 11.1. The van der Waals surface area contributed by atoms with Crippen molar-refractivity contribution in [2.75, 3.05) is 6.16 Å². The minimum absolute atomic E-state index is 0.0103. The molecule has 0 heterocycles. The number of aliphatic carboxylic acids is 1. The van der Waals surface area contributed by atoms with E-state index in [0.29, 0.717) is 0 Å². The normalized spacial score (nSPS) is 11.1. The quantitative estimate of drug-likeness (QED) is 0.870. The van der Waals surface area contributed by atoms with Gasteiger partial charge in [-0.25, -0.2) is 0 Å². The van der Waals surface area contributed by atoms with Crippen molar-refractivity contribution >= 4 is 34.4 Å². The fraction of sp³-hybridized carbons (Fsp3) is 0.0714. The minimum atomic E-state index is -2.25. The first-order valence-corrected chi connectivity index (χ1v) is 8.54. The summed E-state index contributed by atoms with van der Waals surface area (Å²) in [4.78, 5) is 11.1. The zero-order chi connectivity index (χ0) is 13.0. The van der Waals surface area contributed by atoms with Gasteiger partial charge in [-0.05, 0) is 10.6 Å². The lowest BCUT2D eigenvalue weighted by atomic mass is 10.4. The molecule has 0 saturated heterocycles. The van der Waals surface area contributed by atoms with Crippen molar-refractivity contribution < 1.29 is 9.90 Å². The first-order valence-electron chi connectivity index (χ1n) is 5.55. The van der Waals surface area contributed by atoms with Crippen molar-refractivity contribution in [3.63, 3.8) is 0 Å². The molecule has 0 aliphatic rings. The van der Waals surface area contributed by atoms with Gasteiger partial charge in [-0.15, -0.1) is 0 Å². The van der Waals surface area contributed by atoms with Gasteiger partial charge in [-0.2, -0.15) is 0 Å². The lowest BCUT2D eigenvalue weighted by molar-refractivity contribution is -0.134. The third-order valence-corrected chi connectivity index (χ3v) is 7.34. The summed E-state index contributed by atoms with van der Waals surface area (Å²) in [6, 6.07) is 16.9. The van der Waals surface area contributed by atoms with E-state index in [9.17, 15) is 4.79 Å². The maximum atomic E-state index is 11.1. The number of carboxylic acid groups (broad SMARTS) is 1. The zero-order valence-electron chi connectivity index (χ0n) is 9.69. The number of rotatable bonds is 4. The third kappa shape index (κ3) is 2.69. The van der Waals surface area contributed by atoms with Crippen LogP contribution in [-0.2, 0) is 16.6 Å². The van der Waals surface area contributed by atoms with Gasteiger partial charge in [0.05, 0.1) is 6.16 Å². The fourth-order valence-corrected chi connectivity index (χ4v) is 5.27. The van der Waals surface area contributed by atoms with Crippen molar-refractivity contribution in [3.8, 4) is 0 Å². The van der Waals surface area contributed by atoms with Crippen LogP contribution in [0, 0.1) is 0 Å². The Morgan fingerprint density at radius 3 is 1.67 bits per heavy atom. The molecule has 1 N–H and O–H groups in total. The Morgan fingerprint density at radius 1 is 0.944 bits per heavy atom. The second kappa shape index (κ2) is 5.47. The van der Waals surface area contributed by atoms with Crippen LogP contribution in [0.25, 0.3) is 0 Å². The lowest BCUT2D eigenvalue weighted by Crippen LogP contribution is -2.21. The Morgan fingerprint density at radius 2 is 1.33 bits per heavy atom. The van der Waals surface area contributed by atoms with Gasteiger partial charge in [0.25, 0.3) is 0 Å². The fourth-order valence-electron chi connectivity index (χ4n) is 1.86. The monoisotopic (exact) mass is 276 g/mol. The predicted octanol–water partition coefficient (Wildman–Crippen LogP) is 2.20. The lowest BCUT2D eigenvalue weighted by Gasteiger charge is -2.21. The van der Waals surface area contributed by atoms with E-state index in [-0.39, 0.29) is 6.16 Å². The molecule has 0 unspecified atom stereocenters. The summed E-state index contributed by atoms with van der Waals surface area (Å²) in [7, 11) is 0. The molecule has 0 spiro atoms. The Hall–Kier alpha value is -1.44. The Balaban J connectivity index is 2.55. The van der Waals surface area contributed by atoms with Crippen molar-refractivity contribution in [2.24, 2.45) is 0 Å². The van der Waals surface area contributed by atoms with E-state index in [1.807, 2.05) is 60.7 Å². The highest BCUT2D eigenvalue weighted by atomic mass is 32.4. The molecule has 0 bridgehead atoms. The largest absolute Gasteiger partial charge is 0.481 e. The van der Waals surface area contributed by atoms with Crippen LogP contribution in [0.5, 0.6) is 0 Å². The minimum Gasteiger partial charge on any atom is -0.481 e. The summed E-state index contributed by atoms with van der Waals surface area (Å²) in [6.07, 6.45) is 0.0103. The highest BCUT2D eigenvalue weighted by Crippen LogP contribution is 2.43. The Labute approximate surface area is 111 Å². The highest BCUT2D eigenvalue weighted by Gasteiger charge is 2.24. The topological polar surface area (TPSA) is 37.3 Å². The van der Waals surface area contributed by atoms with Crippen molar-refractivity contribution in [3.05, 3.63) is 60.7 Å². The van der Waals surface area contributed by atoms with Crippen molar-refractivity contribution in [1.82, 2.24) is 0 Å². The van der Waals surface area contributed by atoms with Crippen molar-refractivity contribution in [2.45, 2.75) is 0 Å². The summed E-state index contributed by atoms with van der Waals surface area (Å²) in [6.45, 7) is 0. The van der Waals surface area contributed by atoms with Gasteiger partial charge < -0.3 is 5.11 Å². The summed E-state index contributed by atoms with van der Waals surface area (Å²) >= 11 is 5.74. The van der Waals surface area contributed by atoms with Crippen LogP contribution >= 0.6 is 6.04 Å². The van der Waals surface area contributed by atoms with Gasteiger partial charge in [0.2, 0.25) is 0 Å². The van der Waals surface area contributed by atoms with Crippen molar-refractivity contribution in [1.29, 1.82) is 0 Å². The van der Waals surface area contributed by atoms with E-state index in [4.69, 9.17) is 16.9 Å². The maximum Gasteiger partial charge on any atom is 0.309 e. The van der Waals surface area contributed by atoms with Gasteiger partial charge in [-0.3, -0.25) is 4.79 Å². The summed E-state index contributed by atoms with van der Waals surface area (Å²) in [5.74, 6) is -0.842. The van der Waals surface area contributed by atoms with Crippen LogP contribution in [0.1, 0.15) is 0 Å². The molecule has 0 radical (unpaired) electrons. The molecule has 0 fully saturated rings. The summed E-state index contributed by atoms with van der Waals surface area (Å²) in [5, 5.41) is 11.0. The van der Waals surface area contributed by atoms with Gasteiger partial charge in [-0.1, -0.05) is 72.5 Å². The summed E-state index contributed by atoms with van der Waals surface area (Å²) in [5.41, 5.74) is 0. The van der Waals surface area contributed by atoms with E-state index in [2.05, 4.69) is 0 Å². The molecule has 2 aromatic carbocycles. The number of carboxylic acids is 1. The summed E-state index contributed by atoms with van der Waals surface area (Å²) < 4.78 is 0. The van der Waals surface area contributed by atoms with Gasteiger partial charge in [0.15, 0.2) is 0 Å². The molecule has 0 atom stereocenters. The first-order chi connectivity index (χ1) is 8.63. The molecule has 2 rings (SSSR count). The van der Waals surface area contributed by atoms with E-state index in [0.717, 1.165) is 10.6 Å². The SMILES string of the molecule is O=C(O)CP(=S)(c1ccccc1)c1ccccc1. The molecule has 0 amide bonds. The molecule has 0 aromatic heterocycles. The molecule has 0 aliphatic heterocycles. The second-order valence-corrected chi connectivity index (χ2v) is 8.66. The molecule has 2 nitrogen and oxygen atoms in total. The average Bonchev–Trinajstić information content (AvgIpc) is 2.40. The molecule has 0 aliphatic carbocycles. The van der Waals surface area contributed by atoms with Gasteiger partial charge in [0, 0.05) is 6.04 Å². The molecule has 18 heavy (non-hydrogen) atoms. The van der Waals surface area contributed by atoms with Gasteiger partial charge in [0.1, 0.15) is 0 Å². The molecule has 92 valence electrons. The van der Waals surface area contributed by atoms with Crippen LogP contribution in [-0.4, -0.2) is 17.2 Å². The first kappa shape index (κ1) is 13.0. The highest BCUT2D eigenvalue weighted by molar-refractivity contribution is 8.22. The number of hydrogen-bond acceptors (Lipinski definition) is 2. The molecule has 2 aromatic rings. The van der Waals surface area contributed by atoms with Crippen LogP contribution in [0.15, 0.2) is 60.7 Å². The van der Waals surface area contributed by atoms with E-state index >= 15 is 0 Å². The van der Waals surface area contributed by atoms with Crippen LogP contribution < -0.4 is 10.6 Å². The standard InChI is InChI=1S/C14H13O2PS/c15-14(16)11-17(18,12-7-3-1-4-8-12)13-9-5-2-6-10-13/h1-10H,11H2,(H,15,16). The zero-order valence-corrected chi connectivity index (χ0v) is 11.4. The number of hydrogen-bond donors (Lipinski definition) is 1. The number of carbonyl (C=O) groups is 1. The van der Waals surface area contributed by atoms with E-state index in [1.54, 1.807) is 0 Å². The molecular formula is C14H13O2PS. The Kier molecular flexibility index (Phi) is 3.95. The molecule has 0 saturated carbocycles. The molecular weight excluding hydrogens is 263 g/mol. The average molecular weight is 276 g/mol. The third-order valence-electron chi connectivity index (χ3n) is 2.70. The number of benzene rings is 2. The van der Waals surface area contributed by atoms with Crippen LogP contribution in [0.3, 0.4) is 0 Å².